The topological polar surface area (TPSA) is 66.3 Å². The molecule has 1 aliphatic rings. The molecule has 1 saturated heterocycles. The zero-order valence-corrected chi connectivity index (χ0v) is 7.63. The zero-order chi connectivity index (χ0) is 9.97. The molecule has 5 heteroatoms. The smallest absolute Gasteiger partial charge is 0.225 e. The first kappa shape index (κ1) is 9.08. The number of aromatic nitrogens is 2. The van der Waals surface area contributed by atoms with E-state index in [0.717, 1.165) is 5.69 Å². The lowest BCUT2D eigenvalue weighted by atomic mass is 10.3. The largest absolute Gasteiger partial charge is 0.391 e. The van der Waals surface area contributed by atoms with Crippen molar-refractivity contribution < 1.29 is 9.90 Å². The standard InChI is InChI=1S/C9H11N3O2/c13-8-4-9(14)12(6-8)5-7-2-1-3-10-11-7/h1-3,8,13H,4-6H2. The number of aliphatic hydroxyl groups is 1. The van der Waals surface area contributed by atoms with Crippen molar-refractivity contribution in [3.8, 4) is 0 Å². The van der Waals surface area contributed by atoms with Crippen LogP contribution < -0.4 is 0 Å². The van der Waals surface area contributed by atoms with Crippen molar-refractivity contribution in [3.05, 3.63) is 24.0 Å². The fourth-order valence-corrected chi connectivity index (χ4v) is 1.52. The third-order valence-electron chi connectivity index (χ3n) is 2.17. The Morgan fingerprint density at radius 2 is 2.50 bits per heavy atom. The Labute approximate surface area is 81.4 Å². The fourth-order valence-electron chi connectivity index (χ4n) is 1.52. The molecule has 0 aliphatic carbocycles. The Bertz CT molecular complexity index is 328. The third kappa shape index (κ3) is 1.88. The summed E-state index contributed by atoms with van der Waals surface area (Å²) in [4.78, 5) is 12.9. The Hall–Kier alpha value is -1.49. The van der Waals surface area contributed by atoms with Crippen LogP contribution in [0.4, 0.5) is 0 Å². The van der Waals surface area contributed by atoms with Gasteiger partial charge in [0.1, 0.15) is 0 Å². The number of nitrogens with zero attached hydrogens (tertiary/aromatic N) is 3. The minimum Gasteiger partial charge on any atom is -0.391 e. The number of carbonyl (C=O) groups excluding carboxylic acids is 1. The van der Waals surface area contributed by atoms with E-state index in [1.54, 1.807) is 17.2 Å². The van der Waals surface area contributed by atoms with Crippen LogP contribution in [-0.2, 0) is 11.3 Å². The highest BCUT2D eigenvalue weighted by Crippen LogP contribution is 2.13. The van der Waals surface area contributed by atoms with Gasteiger partial charge >= 0.3 is 0 Å². The van der Waals surface area contributed by atoms with E-state index in [-0.39, 0.29) is 12.3 Å². The highest BCUT2D eigenvalue weighted by Gasteiger charge is 2.27. The molecule has 1 fully saturated rings. The molecule has 14 heavy (non-hydrogen) atoms. The molecule has 1 aliphatic heterocycles. The van der Waals surface area contributed by atoms with Crippen molar-refractivity contribution in [2.24, 2.45) is 0 Å². The van der Waals surface area contributed by atoms with Gasteiger partial charge in [0.15, 0.2) is 0 Å². The van der Waals surface area contributed by atoms with Crippen LogP contribution in [0, 0.1) is 0 Å². The van der Waals surface area contributed by atoms with Gasteiger partial charge in [-0.2, -0.15) is 10.2 Å². The summed E-state index contributed by atoms with van der Waals surface area (Å²) in [6.07, 6.45) is 1.28. The second-order valence-electron chi connectivity index (χ2n) is 3.35. The minimum atomic E-state index is -0.529. The van der Waals surface area contributed by atoms with Crippen LogP contribution in [0.2, 0.25) is 0 Å². The predicted molar refractivity (Wildman–Crippen MR) is 48.1 cm³/mol. The Morgan fingerprint density at radius 3 is 3.07 bits per heavy atom. The van der Waals surface area contributed by atoms with Crippen molar-refractivity contribution in [2.45, 2.75) is 19.1 Å². The maximum Gasteiger partial charge on any atom is 0.225 e. The lowest BCUT2D eigenvalue weighted by molar-refractivity contribution is -0.128. The maximum absolute atomic E-state index is 11.3. The minimum absolute atomic E-state index is 0.0249. The second-order valence-corrected chi connectivity index (χ2v) is 3.35. The summed E-state index contributed by atoms with van der Waals surface area (Å²) in [6, 6.07) is 3.59. The summed E-state index contributed by atoms with van der Waals surface area (Å²) in [7, 11) is 0. The summed E-state index contributed by atoms with van der Waals surface area (Å²) >= 11 is 0. The zero-order valence-electron chi connectivity index (χ0n) is 7.63. The van der Waals surface area contributed by atoms with Crippen LogP contribution in [0.3, 0.4) is 0 Å². The molecule has 2 heterocycles. The average molecular weight is 193 g/mol. The molecule has 2 rings (SSSR count). The van der Waals surface area contributed by atoms with E-state index in [1.165, 1.54) is 0 Å². The van der Waals surface area contributed by atoms with Gasteiger partial charge < -0.3 is 10.0 Å². The van der Waals surface area contributed by atoms with Crippen LogP contribution in [0.15, 0.2) is 18.3 Å². The normalized spacial score (nSPS) is 21.6. The van der Waals surface area contributed by atoms with Crippen LogP contribution in [0.1, 0.15) is 12.1 Å². The fraction of sp³-hybridized carbons (Fsp3) is 0.444. The van der Waals surface area contributed by atoms with Gasteiger partial charge in [-0.1, -0.05) is 0 Å². The molecule has 1 aromatic heterocycles. The van der Waals surface area contributed by atoms with Gasteiger partial charge in [0.05, 0.1) is 24.8 Å². The molecular formula is C9H11N3O2. The van der Waals surface area contributed by atoms with E-state index in [9.17, 15) is 9.90 Å². The number of carbonyl (C=O) groups is 1. The molecule has 1 unspecified atom stereocenters. The van der Waals surface area contributed by atoms with E-state index in [0.29, 0.717) is 13.1 Å². The van der Waals surface area contributed by atoms with E-state index < -0.39 is 6.10 Å². The van der Waals surface area contributed by atoms with Crippen molar-refractivity contribution in [1.82, 2.24) is 15.1 Å². The van der Waals surface area contributed by atoms with Gasteiger partial charge in [-0.25, -0.2) is 0 Å². The summed E-state index contributed by atoms with van der Waals surface area (Å²) in [5.74, 6) is -0.0249. The van der Waals surface area contributed by atoms with E-state index in [4.69, 9.17) is 0 Å². The van der Waals surface area contributed by atoms with Crippen LogP contribution in [0.25, 0.3) is 0 Å². The predicted octanol–water partition coefficient (Wildman–Crippen LogP) is -0.430. The van der Waals surface area contributed by atoms with Crippen LogP contribution in [-0.4, -0.2) is 38.8 Å². The molecule has 1 aromatic rings. The molecule has 0 saturated carbocycles. The number of rotatable bonds is 2. The molecule has 0 radical (unpaired) electrons. The number of likely N-dealkylation sites (tertiary alicyclic amines) is 1. The molecular weight excluding hydrogens is 182 g/mol. The summed E-state index contributed by atoms with van der Waals surface area (Å²) in [6.45, 7) is 0.832. The second kappa shape index (κ2) is 3.71. The van der Waals surface area contributed by atoms with Gasteiger partial charge in [-0.05, 0) is 12.1 Å². The molecule has 0 spiro atoms. The van der Waals surface area contributed by atoms with Gasteiger partial charge in [0.25, 0.3) is 0 Å². The molecule has 1 N–H and O–H groups in total. The first-order valence-corrected chi connectivity index (χ1v) is 4.48. The van der Waals surface area contributed by atoms with Gasteiger partial charge in [0.2, 0.25) is 5.91 Å². The SMILES string of the molecule is O=C1CC(O)CN1Cc1cccnn1. The number of hydrogen-bond acceptors (Lipinski definition) is 4. The third-order valence-corrected chi connectivity index (χ3v) is 2.17. The first-order chi connectivity index (χ1) is 6.75. The quantitative estimate of drug-likeness (QED) is 0.692. The van der Waals surface area contributed by atoms with Crippen LogP contribution >= 0.6 is 0 Å². The number of β-amino-alcohol motifs (C(OH)–C–C–N with tert-alkyl or cyclic N) is 1. The first-order valence-electron chi connectivity index (χ1n) is 4.48. The molecule has 74 valence electrons. The lowest BCUT2D eigenvalue weighted by Gasteiger charge is -2.14. The molecule has 5 nitrogen and oxygen atoms in total. The Kier molecular flexibility index (Phi) is 2.41. The maximum atomic E-state index is 11.3. The van der Waals surface area contributed by atoms with Crippen molar-refractivity contribution >= 4 is 5.91 Å². The highest BCUT2D eigenvalue weighted by atomic mass is 16.3. The molecule has 1 atom stereocenters. The van der Waals surface area contributed by atoms with Crippen molar-refractivity contribution in [3.63, 3.8) is 0 Å². The Morgan fingerprint density at radius 1 is 1.64 bits per heavy atom. The van der Waals surface area contributed by atoms with Gasteiger partial charge in [-0.3, -0.25) is 4.79 Å². The van der Waals surface area contributed by atoms with E-state index in [2.05, 4.69) is 10.2 Å². The van der Waals surface area contributed by atoms with Gasteiger partial charge in [-0.15, -0.1) is 0 Å². The number of hydrogen-bond donors (Lipinski definition) is 1. The van der Waals surface area contributed by atoms with Crippen LogP contribution in [0.5, 0.6) is 0 Å². The lowest BCUT2D eigenvalue weighted by Crippen LogP contribution is -2.25. The molecule has 1 amide bonds. The van der Waals surface area contributed by atoms with E-state index >= 15 is 0 Å². The van der Waals surface area contributed by atoms with E-state index in [1.807, 2.05) is 6.07 Å². The monoisotopic (exact) mass is 193 g/mol. The molecule has 0 bridgehead atoms. The van der Waals surface area contributed by atoms with Crippen molar-refractivity contribution in [1.29, 1.82) is 0 Å². The van der Waals surface area contributed by atoms with Gasteiger partial charge in [0, 0.05) is 12.7 Å². The number of amides is 1. The molecule has 0 aromatic carbocycles. The summed E-state index contributed by atoms with van der Waals surface area (Å²) in [5.41, 5.74) is 0.745. The Balaban J connectivity index is 2.02. The number of aliphatic hydroxyl groups excluding tert-OH is 1. The summed E-state index contributed by atoms with van der Waals surface area (Å²) in [5, 5.41) is 16.8. The highest BCUT2D eigenvalue weighted by molar-refractivity contribution is 5.78. The average Bonchev–Trinajstić information content (AvgIpc) is 2.47. The van der Waals surface area contributed by atoms with Crippen molar-refractivity contribution in [2.75, 3.05) is 6.54 Å². The summed E-state index contributed by atoms with van der Waals surface area (Å²) < 4.78 is 0.